The molecule has 1 aromatic carbocycles. The minimum absolute atomic E-state index is 0.0401. The molecule has 0 aromatic heterocycles. The lowest BCUT2D eigenvalue weighted by atomic mass is 10.1. The van der Waals surface area contributed by atoms with Gasteiger partial charge in [0.1, 0.15) is 0 Å². The van der Waals surface area contributed by atoms with Gasteiger partial charge >= 0.3 is 0 Å². The highest BCUT2D eigenvalue weighted by atomic mass is 79.9. The van der Waals surface area contributed by atoms with Gasteiger partial charge in [-0.1, -0.05) is 28.1 Å². The van der Waals surface area contributed by atoms with Crippen LogP contribution in [0.4, 0.5) is 0 Å². The summed E-state index contributed by atoms with van der Waals surface area (Å²) in [5.74, 6) is 0.0946. The summed E-state index contributed by atoms with van der Waals surface area (Å²) in [4.78, 5) is 14.3. The fraction of sp³-hybridized carbons (Fsp3) is 0.533. The zero-order valence-electron chi connectivity index (χ0n) is 12.0. The molecule has 1 aliphatic rings. The van der Waals surface area contributed by atoms with Gasteiger partial charge in [-0.3, -0.25) is 9.69 Å². The maximum Gasteiger partial charge on any atom is 0.234 e. The quantitative estimate of drug-likeness (QED) is 0.861. The molecule has 0 aliphatic carbocycles. The number of halogens is 1. The summed E-state index contributed by atoms with van der Waals surface area (Å²) < 4.78 is 1.05. The Morgan fingerprint density at radius 2 is 2.15 bits per heavy atom. The minimum atomic E-state index is 0.0401. The number of carbonyl (C=O) groups excluding carboxylic acids is 1. The number of hydrogen-bond acceptors (Lipinski definition) is 3. The Morgan fingerprint density at radius 1 is 1.45 bits per heavy atom. The Balaban J connectivity index is 1.81. The van der Waals surface area contributed by atoms with E-state index in [1.54, 1.807) is 0 Å². The van der Waals surface area contributed by atoms with Crippen LogP contribution < -0.4 is 10.6 Å². The highest BCUT2D eigenvalue weighted by Gasteiger charge is 2.23. The number of likely N-dealkylation sites (tertiary alicyclic amines) is 1. The molecule has 1 aromatic rings. The first-order valence-corrected chi connectivity index (χ1v) is 7.82. The standard InChI is InChI=1S/C15H22BrN3O/c1-11(12-3-5-13(16)6-4-12)18-15(20)10-19-8-7-14(9-19)17-2/h3-6,11,14,17H,7-10H2,1-2H3,(H,18,20). The first-order chi connectivity index (χ1) is 9.58. The van der Waals surface area contributed by atoms with Crippen molar-refractivity contribution in [1.82, 2.24) is 15.5 Å². The Labute approximate surface area is 129 Å². The summed E-state index contributed by atoms with van der Waals surface area (Å²) in [6.45, 7) is 4.45. The molecule has 20 heavy (non-hydrogen) atoms. The highest BCUT2D eigenvalue weighted by Crippen LogP contribution is 2.16. The van der Waals surface area contributed by atoms with E-state index >= 15 is 0 Å². The molecule has 4 nitrogen and oxygen atoms in total. The second kappa shape index (κ2) is 7.20. The van der Waals surface area contributed by atoms with Crippen molar-refractivity contribution in [2.24, 2.45) is 0 Å². The topological polar surface area (TPSA) is 44.4 Å². The van der Waals surface area contributed by atoms with Gasteiger partial charge in [0.2, 0.25) is 5.91 Å². The van der Waals surface area contributed by atoms with E-state index < -0.39 is 0 Å². The first kappa shape index (κ1) is 15.5. The Morgan fingerprint density at radius 3 is 2.75 bits per heavy atom. The molecule has 2 N–H and O–H groups in total. The molecule has 110 valence electrons. The van der Waals surface area contributed by atoms with Crippen LogP contribution in [0.3, 0.4) is 0 Å². The van der Waals surface area contributed by atoms with Gasteiger partial charge < -0.3 is 10.6 Å². The number of likely N-dealkylation sites (N-methyl/N-ethyl adjacent to an activating group) is 1. The van der Waals surface area contributed by atoms with Crippen molar-refractivity contribution in [3.63, 3.8) is 0 Å². The fourth-order valence-electron chi connectivity index (χ4n) is 2.54. The van der Waals surface area contributed by atoms with Gasteiger partial charge in [-0.15, -0.1) is 0 Å². The van der Waals surface area contributed by atoms with Crippen LogP contribution in [0.5, 0.6) is 0 Å². The van der Waals surface area contributed by atoms with Crippen molar-refractivity contribution in [2.45, 2.75) is 25.4 Å². The second-order valence-electron chi connectivity index (χ2n) is 5.35. The number of carbonyl (C=O) groups is 1. The molecule has 1 aliphatic heterocycles. The Bertz CT molecular complexity index is 449. The zero-order chi connectivity index (χ0) is 14.5. The fourth-order valence-corrected chi connectivity index (χ4v) is 2.80. The van der Waals surface area contributed by atoms with E-state index in [9.17, 15) is 4.79 Å². The minimum Gasteiger partial charge on any atom is -0.348 e. The van der Waals surface area contributed by atoms with Crippen molar-refractivity contribution >= 4 is 21.8 Å². The monoisotopic (exact) mass is 339 g/mol. The van der Waals surface area contributed by atoms with Gasteiger partial charge in [-0.2, -0.15) is 0 Å². The predicted octanol–water partition coefficient (Wildman–Crippen LogP) is 1.92. The van der Waals surface area contributed by atoms with E-state index in [-0.39, 0.29) is 11.9 Å². The van der Waals surface area contributed by atoms with Crippen LogP contribution in [0.15, 0.2) is 28.7 Å². The molecule has 2 rings (SSSR count). The smallest absolute Gasteiger partial charge is 0.234 e. The number of hydrogen-bond donors (Lipinski definition) is 2. The van der Waals surface area contributed by atoms with Gasteiger partial charge in [0, 0.05) is 23.6 Å². The summed E-state index contributed by atoms with van der Waals surface area (Å²) in [7, 11) is 1.98. The van der Waals surface area contributed by atoms with Gasteiger partial charge in [-0.25, -0.2) is 0 Å². The van der Waals surface area contributed by atoms with E-state index in [0.717, 1.165) is 29.5 Å². The van der Waals surface area contributed by atoms with Crippen LogP contribution in [0.25, 0.3) is 0 Å². The lowest BCUT2D eigenvalue weighted by Crippen LogP contribution is -2.38. The Kier molecular flexibility index (Phi) is 5.57. The molecule has 1 saturated heterocycles. The number of nitrogens with one attached hydrogen (secondary N) is 2. The van der Waals surface area contributed by atoms with Crippen molar-refractivity contribution in [1.29, 1.82) is 0 Å². The average Bonchev–Trinajstić information content (AvgIpc) is 2.86. The van der Waals surface area contributed by atoms with Gasteiger partial charge in [0.05, 0.1) is 12.6 Å². The average molecular weight is 340 g/mol. The number of nitrogens with zero attached hydrogens (tertiary/aromatic N) is 1. The molecular formula is C15H22BrN3O. The van der Waals surface area contributed by atoms with Crippen LogP contribution in [-0.2, 0) is 4.79 Å². The van der Waals surface area contributed by atoms with E-state index in [1.807, 2.05) is 38.2 Å². The highest BCUT2D eigenvalue weighted by molar-refractivity contribution is 9.10. The molecule has 5 heteroatoms. The number of rotatable bonds is 5. The lowest BCUT2D eigenvalue weighted by molar-refractivity contribution is -0.122. The molecular weight excluding hydrogens is 318 g/mol. The summed E-state index contributed by atoms with van der Waals surface area (Å²) in [5, 5.41) is 6.32. The first-order valence-electron chi connectivity index (χ1n) is 7.03. The van der Waals surface area contributed by atoms with Crippen LogP contribution in [0.1, 0.15) is 24.9 Å². The maximum absolute atomic E-state index is 12.1. The second-order valence-corrected chi connectivity index (χ2v) is 6.27. The molecule has 1 amide bonds. The van der Waals surface area contributed by atoms with Gasteiger partial charge in [0.15, 0.2) is 0 Å². The normalized spacial score (nSPS) is 20.9. The number of benzene rings is 1. The summed E-state index contributed by atoms with van der Waals surface area (Å²) >= 11 is 3.42. The molecule has 0 bridgehead atoms. The third-order valence-electron chi connectivity index (χ3n) is 3.80. The number of amides is 1. The molecule has 2 unspecified atom stereocenters. The summed E-state index contributed by atoms with van der Waals surface area (Å²) in [5.41, 5.74) is 1.12. The molecule has 2 atom stereocenters. The van der Waals surface area contributed by atoms with Crippen LogP contribution >= 0.6 is 15.9 Å². The van der Waals surface area contributed by atoms with Crippen molar-refractivity contribution in [3.05, 3.63) is 34.3 Å². The summed E-state index contributed by atoms with van der Waals surface area (Å²) in [6, 6.07) is 8.61. The van der Waals surface area contributed by atoms with Crippen molar-refractivity contribution in [3.8, 4) is 0 Å². The lowest BCUT2D eigenvalue weighted by Gasteiger charge is -2.19. The van der Waals surface area contributed by atoms with E-state index in [4.69, 9.17) is 0 Å². The van der Waals surface area contributed by atoms with Gasteiger partial charge in [-0.05, 0) is 38.1 Å². The third-order valence-corrected chi connectivity index (χ3v) is 4.32. The van der Waals surface area contributed by atoms with E-state index in [1.165, 1.54) is 0 Å². The largest absolute Gasteiger partial charge is 0.348 e. The van der Waals surface area contributed by atoms with Crippen LogP contribution in [0.2, 0.25) is 0 Å². The molecule has 0 spiro atoms. The van der Waals surface area contributed by atoms with Crippen molar-refractivity contribution in [2.75, 3.05) is 26.7 Å². The Hall–Kier alpha value is -0.910. The maximum atomic E-state index is 12.1. The summed E-state index contributed by atoms with van der Waals surface area (Å²) in [6.07, 6.45) is 1.12. The molecule has 0 radical (unpaired) electrons. The van der Waals surface area contributed by atoms with Crippen LogP contribution in [-0.4, -0.2) is 43.5 Å². The zero-order valence-corrected chi connectivity index (χ0v) is 13.6. The SMILES string of the molecule is CNC1CCN(CC(=O)NC(C)c2ccc(Br)cc2)C1. The molecule has 1 fully saturated rings. The molecule has 1 heterocycles. The van der Waals surface area contributed by atoms with E-state index in [0.29, 0.717) is 12.6 Å². The predicted molar refractivity (Wildman–Crippen MR) is 84.6 cm³/mol. The molecule has 0 saturated carbocycles. The van der Waals surface area contributed by atoms with E-state index in [2.05, 4.69) is 31.5 Å². The third kappa shape index (κ3) is 4.30. The van der Waals surface area contributed by atoms with Crippen molar-refractivity contribution < 1.29 is 4.79 Å². The van der Waals surface area contributed by atoms with Gasteiger partial charge in [0.25, 0.3) is 0 Å². The van der Waals surface area contributed by atoms with Crippen LogP contribution in [0, 0.1) is 0 Å².